The molecular weight excluding hydrogens is 322 g/mol. The first-order valence-corrected chi connectivity index (χ1v) is 9.35. The van der Waals surface area contributed by atoms with E-state index in [0.717, 1.165) is 45.0 Å². The second-order valence-electron chi connectivity index (χ2n) is 6.78. The Balaban J connectivity index is 1.27. The van der Waals surface area contributed by atoms with Crippen molar-refractivity contribution in [1.82, 2.24) is 14.9 Å². The zero-order chi connectivity index (χ0) is 16.4. The molecule has 2 aromatic heterocycles. The molecule has 0 bridgehead atoms. The molecule has 0 amide bonds. The maximum absolute atomic E-state index is 6.13. The number of ether oxygens (including phenoxy) is 2. The summed E-state index contributed by atoms with van der Waals surface area (Å²) in [5.41, 5.74) is 4.28. The predicted octanol–water partition coefficient (Wildman–Crippen LogP) is 2.65. The molecule has 1 atom stereocenters. The van der Waals surface area contributed by atoms with Gasteiger partial charge < -0.3 is 9.47 Å². The molecule has 2 fully saturated rings. The van der Waals surface area contributed by atoms with Crippen LogP contribution in [-0.4, -0.2) is 46.8 Å². The standard InChI is InChI=1S/C18H23N3O2S/c1-14-17(24-13-20-14)8-21-11-18(12-21)16(4-7-23-18)10-22-9-15-2-5-19-6-3-15/h2-3,5-6,13,16H,4,7-12H2,1H3/t16-/m0/s1. The lowest BCUT2D eigenvalue weighted by Crippen LogP contribution is -2.64. The number of pyridine rings is 1. The monoisotopic (exact) mass is 345 g/mol. The lowest BCUT2D eigenvalue weighted by molar-refractivity contribution is -0.146. The van der Waals surface area contributed by atoms with Crippen molar-refractivity contribution in [2.45, 2.75) is 32.1 Å². The van der Waals surface area contributed by atoms with Gasteiger partial charge in [0, 0.05) is 49.4 Å². The van der Waals surface area contributed by atoms with Crippen LogP contribution in [0.3, 0.4) is 0 Å². The van der Waals surface area contributed by atoms with E-state index < -0.39 is 0 Å². The molecule has 5 nitrogen and oxygen atoms in total. The molecule has 2 aliphatic rings. The van der Waals surface area contributed by atoms with E-state index in [-0.39, 0.29) is 5.60 Å². The molecule has 0 aromatic carbocycles. The van der Waals surface area contributed by atoms with E-state index in [1.165, 1.54) is 10.4 Å². The summed E-state index contributed by atoms with van der Waals surface area (Å²) in [4.78, 5) is 12.2. The minimum absolute atomic E-state index is 0.0108. The van der Waals surface area contributed by atoms with E-state index in [9.17, 15) is 0 Å². The molecule has 0 N–H and O–H groups in total. The minimum atomic E-state index is 0.0108. The lowest BCUT2D eigenvalue weighted by atomic mass is 9.81. The molecule has 0 radical (unpaired) electrons. The van der Waals surface area contributed by atoms with Crippen molar-refractivity contribution in [3.05, 3.63) is 46.2 Å². The number of thiazole rings is 1. The van der Waals surface area contributed by atoms with Gasteiger partial charge in [0.05, 0.1) is 30.0 Å². The first kappa shape index (κ1) is 16.1. The zero-order valence-corrected chi connectivity index (χ0v) is 14.8. The predicted molar refractivity (Wildman–Crippen MR) is 92.8 cm³/mol. The van der Waals surface area contributed by atoms with Crippen LogP contribution in [0.4, 0.5) is 0 Å². The number of aryl methyl sites for hydroxylation is 1. The van der Waals surface area contributed by atoms with Crippen molar-refractivity contribution in [3.8, 4) is 0 Å². The maximum atomic E-state index is 6.13. The van der Waals surface area contributed by atoms with Crippen LogP contribution in [0.15, 0.2) is 30.0 Å². The molecule has 0 unspecified atom stereocenters. The Kier molecular flexibility index (Phi) is 4.63. The average molecular weight is 345 g/mol. The van der Waals surface area contributed by atoms with Crippen molar-refractivity contribution in [2.24, 2.45) is 5.92 Å². The Morgan fingerprint density at radius 2 is 2.21 bits per heavy atom. The zero-order valence-electron chi connectivity index (χ0n) is 14.0. The van der Waals surface area contributed by atoms with E-state index in [1.807, 2.05) is 30.0 Å². The van der Waals surface area contributed by atoms with Crippen LogP contribution >= 0.6 is 11.3 Å². The molecule has 2 aliphatic heterocycles. The summed E-state index contributed by atoms with van der Waals surface area (Å²) in [6.45, 7) is 7.38. The van der Waals surface area contributed by atoms with E-state index >= 15 is 0 Å². The molecule has 1 spiro atoms. The molecule has 0 aliphatic carbocycles. The van der Waals surface area contributed by atoms with Gasteiger partial charge in [-0.15, -0.1) is 11.3 Å². The summed E-state index contributed by atoms with van der Waals surface area (Å²) in [5, 5.41) is 0. The number of rotatable bonds is 6. The van der Waals surface area contributed by atoms with Crippen LogP contribution in [0.25, 0.3) is 0 Å². The van der Waals surface area contributed by atoms with Gasteiger partial charge in [-0.05, 0) is 31.0 Å². The van der Waals surface area contributed by atoms with Crippen molar-refractivity contribution in [1.29, 1.82) is 0 Å². The number of hydrogen-bond acceptors (Lipinski definition) is 6. The lowest BCUT2D eigenvalue weighted by Gasteiger charge is -2.50. The quantitative estimate of drug-likeness (QED) is 0.805. The molecule has 4 rings (SSSR count). The summed E-state index contributed by atoms with van der Waals surface area (Å²) in [6, 6.07) is 4.01. The minimum Gasteiger partial charge on any atom is -0.376 e. The average Bonchev–Trinajstić information content (AvgIpc) is 3.15. The molecule has 2 saturated heterocycles. The smallest absolute Gasteiger partial charge is 0.0985 e. The summed E-state index contributed by atoms with van der Waals surface area (Å²) < 4.78 is 12.1. The van der Waals surface area contributed by atoms with E-state index in [4.69, 9.17) is 9.47 Å². The third-order valence-electron chi connectivity index (χ3n) is 5.13. The van der Waals surface area contributed by atoms with E-state index in [0.29, 0.717) is 12.5 Å². The van der Waals surface area contributed by atoms with Crippen molar-refractivity contribution in [3.63, 3.8) is 0 Å². The van der Waals surface area contributed by atoms with Crippen LogP contribution in [0, 0.1) is 12.8 Å². The Bertz CT molecular complexity index is 670. The summed E-state index contributed by atoms with van der Waals surface area (Å²) >= 11 is 1.75. The van der Waals surface area contributed by atoms with Crippen molar-refractivity contribution >= 4 is 11.3 Å². The first-order valence-electron chi connectivity index (χ1n) is 8.47. The third-order valence-corrected chi connectivity index (χ3v) is 6.05. The van der Waals surface area contributed by atoms with Gasteiger partial charge in [0.15, 0.2) is 0 Å². The summed E-state index contributed by atoms with van der Waals surface area (Å²) in [6.07, 6.45) is 4.72. The van der Waals surface area contributed by atoms with Crippen LogP contribution in [-0.2, 0) is 22.6 Å². The Hall–Kier alpha value is -1.34. The highest BCUT2D eigenvalue weighted by molar-refractivity contribution is 7.09. The molecule has 24 heavy (non-hydrogen) atoms. The van der Waals surface area contributed by atoms with Gasteiger partial charge in [-0.2, -0.15) is 0 Å². The highest BCUT2D eigenvalue weighted by atomic mass is 32.1. The molecule has 0 saturated carbocycles. The second kappa shape index (κ2) is 6.88. The van der Waals surface area contributed by atoms with Crippen molar-refractivity contribution < 1.29 is 9.47 Å². The number of aromatic nitrogens is 2. The molecule has 128 valence electrons. The number of hydrogen-bond donors (Lipinski definition) is 0. The van der Waals surface area contributed by atoms with Gasteiger partial charge in [0.1, 0.15) is 0 Å². The van der Waals surface area contributed by atoms with Gasteiger partial charge in [-0.3, -0.25) is 9.88 Å². The topological polar surface area (TPSA) is 47.5 Å². The van der Waals surface area contributed by atoms with Crippen LogP contribution in [0.2, 0.25) is 0 Å². The largest absolute Gasteiger partial charge is 0.376 e. The highest BCUT2D eigenvalue weighted by Crippen LogP contribution is 2.41. The van der Waals surface area contributed by atoms with Gasteiger partial charge in [0.2, 0.25) is 0 Å². The fraction of sp³-hybridized carbons (Fsp3) is 0.556. The second-order valence-corrected chi connectivity index (χ2v) is 7.71. The summed E-state index contributed by atoms with van der Waals surface area (Å²) in [7, 11) is 0. The van der Waals surface area contributed by atoms with Gasteiger partial charge in [-0.1, -0.05) is 0 Å². The van der Waals surface area contributed by atoms with E-state index in [2.05, 4.69) is 21.8 Å². The van der Waals surface area contributed by atoms with Gasteiger partial charge in [0.25, 0.3) is 0 Å². The SMILES string of the molecule is Cc1ncsc1CN1CC2(C1)OCC[C@H]2COCc1ccncc1. The molecular formula is C18H23N3O2S. The number of nitrogens with zero attached hydrogens (tertiary/aromatic N) is 3. The Morgan fingerprint density at radius 3 is 2.96 bits per heavy atom. The van der Waals surface area contributed by atoms with Crippen LogP contribution in [0.5, 0.6) is 0 Å². The maximum Gasteiger partial charge on any atom is 0.0985 e. The highest BCUT2D eigenvalue weighted by Gasteiger charge is 2.52. The Morgan fingerprint density at radius 1 is 1.38 bits per heavy atom. The normalized spacial score (nSPS) is 22.8. The first-order chi connectivity index (χ1) is 11.8. The van der Waals surface area contributed by atoms with Gasteiger partial charge >= 0.3 is 0 Å². The molecule has 6 heteroatoms. The Labute approximate surface area is 146 Å². The fourth-order valence-electron chi connectivity index (χ4n) is 3.67. The third kappa shape index (κ3) is 3.24. The van der Waals surface area contributed by atoms with Crippen LogP contribution < -0.4 is 0 Å². The summed E-state index contributed by atoms with van der Waals surface area (Å²) in [5.74, 6) is 0.498. The molecule has 4 heterocycles. The molecule has 2 aromatic rings. The number of likely N-dealkylation sites (tertiary alicyclic amines) is 1. The van der Waals surface area contributed by atoms with Crippen molar-refractivity contribution in [2.75, 3.05) is 26.3 Å². The van der Waals surface area contributed by atoms with Crippen LogP contribution in [0.1, 0.15) is 22.6 Å². The van der Waals surface area contributed by atoms with Gasteiger partial charge in [-0.25, -0.2) is 4.98 Å². The van der Waals surface area contributed by atoms with E-state index in [1.54, 1.807) is 11.3 Å². The fourth-order valence-corrected chi connectivity index (χ4v) is 4.49.